The van der Waals surface area contributed by atoms with Crippen LogP contribution in [0.2, 0.25) is 0 Å². The minimum atomic E-state index is 0.307. The van der Waals surface area contributed by atoms with Gasteiger partial charge in [-0.3, -0.25) is 0 Å². The highest BCUT2D eigenvalue weighted by Gasteiger charge is 2.14. The second kappa shape index (κ2) is 4.55. The van der Waals surface area contributed by atoms with Crippen molar-refractivity contribution in [2.24, 2.45) is 0 Å². The van der Waals surface area contributed by atoms with E-state index in [2.05, 4.69) is 51.8 Å². The van der Waals surface area contributed by atoms with Gasteiger partial charge in [-0.15, -0.1) is 0 Å². The Morgan fingerprint density at radius 2 is 1.82 bits per heavy atom. The minimum absolute atomic E-state index is 0.307. The number of allylic oxidation sites excluding steroid dienone is 1. The minimum Gasteiger partial charge on any atom is -0.301 e. The molecule has 0 bridgehead atoms. The first-order valence-electron chi connectivity index (χ1n) is 4.31. The van der Waals surface area contributed by atoms with Crippen LogP contribution in [0.4, 0.5) is 0 Å². The molecule has 1 heteroatoms. The lowest BCUT2D eigenvalue weighted by Crippen LogP contribution is -2.38. The Bertz CT molecular complexity index is 119. The highest BCUT2D eigenvalue weighted by Crippen LogP contribution is 2.10. The number of rotatable bonds is 3. The lowest BCUT2D eigenvalue weighted by Gasteiger charge is -2.31. The summed E-state index contributed by atoms with van der Waals surface area (Å²) in [6, 6.07) is 0. The maximum atomic E-state index is 2.37. The molecular weight excluding hydrogens is 134 g/mol. The highest BCUT2D eigenvalue weighted by molar-refractivity contribution is 4.80. The van der Waals surface area contributed by atoms with Crippen LogP contribution < -0.4 is 0 Å². The topological polar surface area (TPSA) is 3.24 Å². The van der Waals surface area contributed by atoms with E-state index in [-0.39, 0.29) is 0 Å². The lowest BCUT2D eigenvalue weighted by atomic mass is 10.1. The Labute approximate surface area is 71.1 Å². The first kappa shape index (κ1) is 10.7. The third-order valence-electron chi connectivity index (χ3n) is 2.01. The lowest BCUT2D eigenvalue weighted by molar-refractivity contribution is 0.179. The molecule has 0 rings (SSSR count). The molecular formula is C10H21N. The zero-order chi connectivity index (χ0) is 8.91. The first-order chi connectivity index (χ1) is 4.98. The monoisotopic (exact) mass is 155 g/mol. The summed E-state index contributed by atoms with van der Waals surface area (Å²) in [6.07, 6.45) is 5.48. The average molecular weight is 155 g/mol. The van der Waals surface area contributed by atoms with E-state index in [1.54, 1.807) is 0 Å². The van der Waals surface area contributed by atoms with Crippen LogP contribution in [0.5, 0.6) is 0 Å². The van der Waals surface area contributed by atoms with Crippen molar-refractivity contribution in [2.45, 2.75) is 39.7 Å². The average Bonchev–Trinajstić information content (AvgIpc) is 1.86. The van der Waals surface area contributed by atoms with Gasteiger partial charge in [0.25, 0.3) is 0 Å². The van der Waals surface area contributed by atoms with Crippen LogP contribution in [-0.2, 0) is 0 Å². The molecule has 0 atom stereocenters. The normalized spacial score (nSPS) is 13.3. The van der Waals surface area contributed by atoms with E-state index >= 15 is 0 Å². The van der Waals surface area contributed by atoms with Gasteiger partial charge in [0.2, 0.25) is 0 Å². The molecule has 0 spiro atoms. The summed E-state index contributed by atoms with van der Waals surface area (Å²) in [5.74, 6) is 0. The molecule has 0 saturated carbocycles. The standard InChI is InChI=1S/C10H21N/c1-6-7-8-9-11(5)10(2,3)4/h6-7H,8-9H2,1-5H3. The molecule has 0 heterocycles. The molecule has 0 unspecified atom stereocenters. The van der Waals surface area contributed by atoms with Crippen molar-refractivity contribution in [3.63, 3.8) is 0 Å². The molecule has 66 valence electrons. The Balaban J connectivity index is 3.61. The van der Waals surface area contributed by atoms with Gasteiger partial charge in [-0.25, -0.2) is 0 Å². The molecule has 0 aromatic carbocycles. The third kappa shape index (κ3) is 5.02. The zero-order valence-electron chi connectivity index (χ0n) is 8.52. The van der Waals surface area contributed by atoms with E-state index in [1.165, 1.54) is 0 Å². The van der Waals surface area contributed by atoms with E-state index in [4.69, 9.17) is 0 Å². The van der Waals surface area contributed by atoms with Crippen molar-refractivity contribution >= 4 is 0 Å². The quantitative estimate of drug-likeness (QED) is 0.566. The zero-order valence-corrected chi connectivity index (χ0v) is 8.52. The van der Waals surface area contributed by atoms with Gasteiger partial charge in [0, 0.05) is 12.1 Å². The third-order valence-corrected chi connectivity index (χ3v) is 2.01. The fourth-order valence-corrected chi connectivity index (χ4v) is 0.770. The summed E-state index contributed by atoms with van der Waals surface area (Å²) in [6.45, 7) is 9.93. The van der Waals surface area contributed by atoms with E-state index in [1.807, 2.05) is 0 Å². The van der Waals surface area contributed by atoms with Crippen LogP contribution in [0.25, 0.3) is 0 Å². The summed E-state index contributed by atoms with van der Waals surface area (Å²) < 4.78 is 0. The predicted octanol–water partition coefficient (Wildman–Crippen LogP) is 2.68. The summed E-state index contributed by atoms with van der Waals surface area (Å²) in [7, 11) is 2.17. The Kier molecular flexibility index (Phi) is 4.43. The van der Waals surface area contributed by atoms with E-state index in [9.17, 15) is 0 Å². The molecule has 0 aromatic heterocycles. The highest BCUT2D eigenvalue weighted by atomic mass is 15.1. The molecule has 0 saturated heterocycles. The largest absolute Gasteiger partial charge is 0.301 e. The van der Waals surface area contributed by atoms with Crippen molar-refractivity contribution in [3.8, 4) is 0 Å². The summed E-state index contributed by atoms with van der Waals surface area (Å²) in [5.41, 5.74) is 0.307. The first-order valence-corrected chi connectivity index (χ1v) is 4.31. The maximum absolute atomic E-state index is 2.37. The van der Waals surface area contributed by atoms with Gasteiger partial charge in [-0.2, -0.15) is 0 Å². The van der Waals surface area contributed by atoms with E-state index in [0.717, 1.165) is 13.0 Å². The number of hydrogen-bond donors (Lipinski definition) is 0. The van der Waals surface area contributed by atoms with Crippen LogP contribution in [-0.4, -0.2) is 24.0 Å². The van der Waals surface area contributed by atoms with Crippen molar-refractivity contribution in [1.82, 2.24) is 4.90 Å². The van der Waals surface area contributed by atoms with Crippen LogP contribution in [0.3, 0.4) is 0 Å². The van der Waals surface area contributed by atoms with Gasteiger partial charge >= 0.3 is 0 Å². The number of nitrogens with zero attached hydrogens (tertiary/aromatic N) is 1. The van der Waals surface area contributed by atoms with Crippen LogP contribution >= 0.6 is 0 Å². The van der Waals surface area contributed by atoms with Gasteiger partial charge < -0.3 is 4.90 Å². The van der Waals surface area contributed by atoms with Crippen molar-refractivity contribution < 1.29 is 0 Å². The molecule has 0 aliphatic rings. The van der Waals surface area contributed by atoms with Gasteiger partial charge in [0.15, 0.2) is 0 Å². The Morgan fingerprint density at radius 1 is 1.27 bits per heavy atom. The van der Waals surface area contributed by atoms with Crippen molar-refractivity contribution in [1.29, 1.82) is 0 Å². The smallest absolute Gasteiger partial charge is 0.0122 e. The van der Waals surface area contributed by atoms with Gasteiger partial charge in [-0.1, -0.05) is 12.2 Å². The number of hydrogen-bond acceptors (Lipinski definition) is 1. The van der Waals surface area contributed by atoms with Crippen LogP contribution in [0.15, 0.2) is 12.2 Å². The molecule has 0 radical (unpaired) electrons. The molecule has 0 aliphatic carbocycles. The fourth-order valence-electron chi connectivity index (χ4n) is 0.770. The molecule has 1 nitrogen and oxygen atoms in total. The maximum Gasteiger partial charge on any atom is 0.0122 e. The Hall–Kier alpha value is -0.300. The SMILES string of the molecule is CC=CCCN(C)C(C)(C)C. The summed E-state index contributed by atoms with van der Waals surface area (Å²) >= 11 is 0. The summed E-state index contributed by atoms with van der Waals surface area (Å²) in [4.78, 5) is 2.37. The van der Waals surface area contributed by atoms with Crippen LogP contribution in [0.1, 0.15) is 34.1 Å². The molecule has 0 aromatic rings. The van der Waals surface area contributed by atoms with Crippen molar-refractivity contribution in [2.75, 3.05) is 13.6 Å². The molecule has 0 fully saturated rings. The molecule has 0 aliphatic heterocycles. The van der Waals surface area contributed by atoms with Crippen LogP contribution in [0, 0.1) is 0 Å². The van der Waals surface area contributed by atoms with Gasteiger partial charge in [0.05, 0.1) is 0 Å². The van der Waals surface area contributed by atoms with E-state index in [0.29, 0.717) is 5.54 Å². The molecule has 0 amide bonds. The molecule has 0 N–H and O–H groups in total. The summed E-state index contributed by atoms with van der Waals surface area (Å²) in [5, 5.41) is 0. The van der Waals surface area contributed by atoms with Crippen molar-refractivity contribution in [3.05, 3.63) is 12.2 Å². The molecule has 11 heavy (non-hydrogen) atoms. The fraction of sp³-hybridized carbons (Fsp3) is 0.800. The Morgan fingerprint density at radius 3 is 2.18 bits per heavy atom. The van der Waals surface area contributed by atoms with Gasteiger partial charge in [-0.05, 0) is 41.2 Å². The predicted molar refractivity (Wildman–Crippen MR) is 51.8 cm³/mol. The van der Waals surface area contributed by atoms with Gasteiger partial charge in [0.1, 0.15) is 0 Å². The van der Waals surface area contributed by atoms with E-state index < -0.39 is 0 Å². The second-order valence-electron chi connectivity index (χ2n) is 3.95. The second-order valence-corrected chi connectivity index (χ2v) is 3.95.